The molecule has 0 aromatic heterocycles. The summed E-state index contributed by atoms with van der Waals surface area (Å²) in [6, 6.07) is 0. The van der Waals surface area contributed by atoms with E-state index in [4.69, 9.17) is 0 Å². The molecule has 0 atom stereocenters. The monoisotopic (exact) mass is 122 g/mol. The largest absolute Gasteiger partial charge is 0.286 e. The first-order valence-corrected chi connectivity index (χ1v) is 3.34. The van der Waals surface area contributed by atoms with E-state index < -0.39 is 0 Å². The van der Waals surface area contributed by atoms with Crippen molar-refractivity contribution in [3.8, 4) is 0 Å². The molecule has 0 heterocycles. The molecule has 0 amide bonds. The van der Waals surface area contributed by atoms with Gasteiger partial charge in [0.1, 0.15) is 0 Å². The smallest absolute Gasteiger partial charge is 0.198 e. The van der Waals surface area contributed by atoms with E-state index in [-0.39, 0.29) is 5.12 Å². The van der Waals surface area contributed by atoms with Crippen LogP contribution in [-0.4, -0.2) is 17.1 Å². The van der Waals surface area contributed by atoms with Crippen molar-refractivity contribution in [1.29, 1.82) is 0 Å². The molecule has 0 fully saturated rings. The van der Waals surface area contributed by atoms with Gasteiger partial charge in [-0.05, 0) is 6.26 Å². The lowest BCUT2D eigenvalue weighted by Crippen LogP contribution is -1.87. The number of hydrogen-bond donors (Lipinski definition) is 1. The number of carbonyl (C=O) groups excluding carboxylic acids is 1. The van der Waals surface area contributed by atoms with Gasteiger partial charge in [-0.3, -0.25) is 4.79 Å². The zero-order chi connectivity index (χ0) is 4.99. The quantitative estimate of drug-likeness (QED) is 0.518. The summed E-state index contributed by atoms with van der Waals surface area (Å²) < 4.78 is 0. The average Bonchev–Trinajstić information content (AvgIpc) is 1.65. The number of hydrogen-bond acceptors (Lipinski definition) is 3. The van der Waals surface area contributed by atoms with Crippen molar-refractivity contribution in [2.75, 3.05) is 12.0 Å². The predicted molar refractivity (Wildman–Crippen MR) is 32.4 cm³/mol. The lowest BCUT2D eigenvalue weighted by atomic mass is 10.9. The molecule has 0 saturated carbocycles. The Hall–Kier alpha value is 0.370. The minimum atomic E-state index is 0.123. The highest BCUT2D eigenvalue weighted by atomic mass is 32.2. The minimum Gasteiger partial charge on any atom is -0.286 e. The van der Waals surface area contributed by atoms with Crippen LogP contribution in [0.4, 0.5) is 0 Å². The van der Waals surface area contributed by atoms with Crippen LogP contribution < -0.4 is 0 Å². The van der Waals surface area contributed by atoms with Crippen molar-refractivity contribution >= 4 is 29.5 Å². The van der Waals surface area contributed by atoms with Crippen LogP contribution in [0.3, 0.4) is 0 Å². The van der Waals surface area contributed by atoms with Gasteiger partial charge in [0.15, 0.2) is 5.12 Å². The summed E-state index contributed by atoms with van der Waals surface area (Å²) in [6.07, 6.45) is 1.75. The van der Waals surface area contributed by atoms with Gasteiger partial charge in [-0.2, -0.15) is 12.6 Å². The molecule has 36 valence electrons. The van der Waals surface area contributed by atoms with Crippen molar-refractivity contribution < 1.29 is 4.79 Å². The van der Waals surface area contributed by atoms with E-state index >= 15 is 0 Å². The Morgan fingerprint density at radius 1 is 2.00 bits per heavy atom. The van der Waals surface area contributed by atoms with Crippen LogP contribution in [0.15, 0.2) is 0 Å². The zero-order valence-electron chi connectivity index (χ0n) is 3.47. The molecular weight excluding hydrogens is 116 g/mol. The molecule has 0 unspecified atom stereocenters. The van der Waals surface area contributed by atoms with E-state index in [0.717, 1.165) is 0 Å². The van der Waals surface area contributed by atoms with E-state index in [1.807, 2.05) is 0 Å². The predicted octanol–water partition coefficient (Wildman–Crippen LogP) is 0.806. The zero-order valence-corrected chi connectivity index (χ0v) is 5.18. The second-order valence-corrected chi connectivity index (χ2v) is 1.91. The van der Waals surface area contributed by atoms with Crippen LogP contribution >= 0.6 is 24.4 Å². The fraction of sp³-hybridized carbons (Fsp3) is 0.667. The van der Waals surface area contributed by atoms with Crippen molar-refractivity contribution in [2.24, 2.45) is 0 Å². The lowest BCUT2D eigenvalue weighted by molar-refractivity contribution is -0.108. The molecule has 0 bridgehead atoms. The number of thiol groups is 1. The second-order valence-electron chi connectivity index (χ2n) is 0.734. The summed E-state index contributed by atoms with van der Waals surface area (Å²) in [6.45, 7) is 0. The minimum absolute atomic E-state index is 0.123. The first kappa shape index (κ1) is 6.37. The molecule has 0 aromatic rings. The highest BCUT2D eigenvalue weighted by Gasteiger charge is 1.88. The van der Waals surface area contributed by atoms with Crippen LogP contribution in [0.25, 0.3) is 0 Å². The molecule has 0 saturated heterocycles. The van der Waals surface area contributed by atoms with Crippen LogP contribution in [0.2, 0.25) is 0 Å². The molecule has 0 aliphatic carbocycles. The third-order valence-electron chi connectivity index (χ3n) is 0.357. The maximum Gasteiger partial charge on any atom is 0.198 e. The van der Waals surface area contributed by atoms with Gasteiger partial charge in [0.2, 0.25) is 0 Å². The van der Waals surface area contributed by atoms with Gasteiger partial charge in [-0.15, -0.1) is 0 Å². The first-order chi connectivity index (χ1) is 2.81. The molecule has 0 spiro atoms. The maximum absolute atomic E-state index is 10.1. The lowest BCUT2D eigenvalue weighted by Gasteiger charge is -1.80. The average molecular weight is 122 g/mol. The van der Waals surface area contributed by atoms with Gasteiger partial charge >= 0.3 is 0 Å². The molecule has 0 aliphatic rings. The van der Waals surface area contributed by atoms with Crippen molar-refractivity contribution in [1.82, 2.24) is 0 Å². The SMILES string of the molecule is CSC(=O)CS. The Bertz CT molecular complexity index is 46.8. The van der Waals surface area contributed by atoms with Crippen molar-refractivity contribution in [3.63, 3.8) is 0 Å². The summed E-state index contributed by atoms with van der Waals surface area (Å²) in [5, 5.41) is 0.123. The highest BCUT2D eigenvalue weighted by molar-refractivity contribution is 8.14. The summed E-state index contributed by atoms with van der Waals surface area (Å²) in [5.74, 6) is 0.348. The molecule has 6 heavy (non-hydrogen) atoms. The first-order valence-electron chi connectivity index (χ1n) is 1.49. The van der Waals surface area contributed by atoms with Gasteiger partial charge in [-0.25, -0.2) is 0 Å². The van der Waals surface area contributed by atoms with Gasteiger partial charge < -0.3 is 0 Å². The molecule has 1 nitrogen and oxygen atoms in total. The maximum atomic E-state index is 10.1. The van der Waals surface area contributed by atoms with Crippen LogP contribution in [0.1, 0.15) is 0 Å². The second kappa shape index (κ2) is 3.56. The molecule has 0 rings (SSSR count). The fourth-order valence-electron chi connectivity index (χ4n) is 0.0645. The third-order valence-corrected chi connectivity index (χ3v) is 1.46. The molecule has 0 N–H and O–H groups in total. The van der Waals surface area contributed by atoms with E-state index in [1.165, 1.54) is 11.8 Å². The van der Waals surface area contributed by atoms with Gasteiger partial charge in [0.05, 0.1) is 5.75 Å². The highest BCUT2D eigenvalue weighted by Crippen LogP contribution is 1.93. The fourth-order valence-corrected chi connectivity index (χ4v) is 0.581. The van der Waals surface area contributed by atoms with E-state index in [0.29, 0.717) is 5.75 Å². The van der Waals surface area contributed by atoms with E-state index in [2.05, 4.69) is 12.6 Å². The molecule has 0 aromatic carbocycles. The molecular formula is C3H6OS2. The number of carbonyl (C=O) groups is 1. The standard InChI is InChI=1S/C3H6OS2/c1-6-3(4)2-5/h5H,2H2,1H3. The summed E-state index contributed by atoms with van der Waals surface area (Å²) in [4.78, 5) is 10.1. The summed E-state index contributed by atoms with van der Waals surface area (Å²) >= 11 is 4.93. The van der Waals surface area contributed by atoms with Crippen molar-refractivity contribution in [2.45, 2.75) is 0 Å². The van der Waals surface area contributed by atoms with E-state index in [1.54, 1.807) is 6.26 Å². The topological polar surface area (TPSA) is 17.1 Å². The van der Waals surface area contributed by atoms with Gasteiger partial charge in [-0.1, -0.05) is 11.8 Å². The van der Waals surface area contributed by atoms with Gasteiger partial charge in [0, 0.05) is 0 Å². The number of rotatable bonds is 1. The van der Waals surface area contributed by atoms with Crippen LogP contribution in [0, 0.1) is 0 Å². The molecule has 0 aliphatic heterocycles. The number of thioether (sulfide) groups is 1. The summed E-state index contributed by atoms with van der Waals surface area (Å²) in [7, 11) is 0. The summed E-state index contributed by atoms with van der Waals surface area (Å²) in [5.41, 5.74) is 0. The normalized spacial score (nSPS) is 8.33. The van der Waals surface area contributed by atoms with Crippen molar-refractivity contribution in [3.05, 3.63) is 0 Å². The Morgan fingerprint density at radius 2 is 2.50 bits per heavy atom. The Labute approximate surface area is 46.9 Å². The van der Waals surface area contributed by atoms with E-state index in [9.17, 15) is 4.79 Å². The Morgan fingerprint density at radius 3 is 2.50 bits per heavy atom. The molecule has 3 heteroatoms. The molecule has 0 radical (unpaired) electrons. The Balaban J connectivity index is 2.99. The Kier molecular flexibility index (Phi) is 3.78. The van der Waals surface area contributed by atoms with Crippen LogP contribution in [-0.2, 0) is 4.79 Å². The van der Waals surface area contributed by atoms with Crippen LogP contribution in [0.5, 0.6) is 0 Å². The third kappa shape index (κ3) is 2.60. The van der Waals surface area contributed by atoms with Gasteiger partial charge in [0.25, 0.3) is 0 Å².